The lowest BCUT2D eigenvalue weighted by molar-refractivity contribution is 0.368. The molecule has 0 bridgehead atoms. The number of hydrogen-bond donors (Lipinski definition) is 1. The minimum Gasteiger partial charge on any atom is -0.360 e. The van der Waals surface area contributed by atoms with E-state index in [4.69, 9.17) is 4.52 Å². The summed E-state index contributed by atoms with van der Waals surface area (Å²) >= 11 is 0. The van der Waals surface area contributed by atoms with E-state index in [0.29, 0.717) is 12.3 Å². The summed E-state index contributed by atoms with van der Waals surface area (Å²) in [5.74, 6) is -0.461. The second kappa shape index (κ2) is 5.05. The van der Waals surface area contributed by atoms with E-state index in [1.54, 1.807) is 6.07 Å². The van der Waals surface area contributed by atoms with Gasteiger partial charge in [-0.2, -0.15) is 0 Å². The molecular weight excluding hydrogens is 226 g/mol. The Balaban J connectivity index is 1.94. The lowest BCUT2D eigenvalue weighted by atomic mass is 10.2. The van der Waals surface area contributed by atoms with Crippen molar-refractivity contribution in [3.05, 3.63) is 52.9 Å². The van der Waals surface area contributed by atoms with Gasteiger partial charge in [0.25, 0.3) is 0 Å². The van der Waals surface area contributed by atoms with Crippen LogP contribution in [0.1, 0.15) is 17.0 Å². The summed E-state index contributed by atoms with van der Waals surface area (Å²) in [6, 6.07) is 5.58. The van der Waals surface area contributed by atoms with E-state index in [2.05, 4.69) is 10.5 Å². The maximum atomic E-state index is 13.3. The van der Waals surface area contributed by atoms with Gasteiger partial charge >= 0.3 is 0 Å². The standard InChI is InChI=1S/C12H12F2N2O/c1-8-5-9(17-16-8)6-15-7-10-11(13)3-2-4-12(10)14/h2-5,15H,6-7H2,1H3. The third kappa shape index (κ3) is 2.88. The number of benzene rings is 1. The van der Waals surface area contributed by atoms with E-state index in [1.807, 2.05) is 6.92 Å². The molecule has 2 rings (SSSR count). The molecule has 0 saturated carbocycles. The zero-order valence-electron chi connectivity index (χ0n) is 9.34. The van der Waals surface area contributed by atoms with Gasteiger partial charge in [-0.05, 0) is 19.1 Å². The molecule has 5 heteroatoms. The average molecular weight is 238 g/mol. The summed E-state index contributed by atoms with van der Waals surface area (Å²) in [6.07, 6.45) is 0. The molecule has 0 fully saturated rings. The van der Waals surface area contributed by atoms with Gasteiger partial charge in [-0.15, -0.1) is 0 Å². The molecule has 90 valence electrons. The maximum absolute atomic E-state index is 13.3. The third-order valence-electron chi connectivity index (χ3n) is 2.34. The van der Waals surface area contributed by atoms with Crippen LogP contribution in [0.2, 0.25) is 0 Å². The van der Waals surface area contributed by atoms with Crippen molar-refractivity contribution in [3.63, 3.8) is 0 Å². The Bertz CT molecular complexity index is 491. The molecule has 2 aromatic rings. The van der Waals surface area contributed by atoms with Crippen LogP contribution >= 0.6 is 0 Å². The van der Waals surface area contributed by atoms with E-state index in [1.165, 1.54) is 18.2 Å². The lowest BCUT2D eigenvalue weighted by Crippen LogP contribution is -2.14. The van der Waals surface area contributed by atoms with Crippen molar-refractivity contribution < 1.29 is 13.3 Å². The normalized spacial score (nSPS) is 10.8. The zero-order chi connectivity index (χ0) is 12.3. The van der Waals surface area contributed by atoms with E-state index < -0.39 is 11.6 Å². The van der Waals surface area contributed by atoms with E-state index in [0.717, 1.165) is 5.69 Å². The average Bonchev–Trinajstić information content (AvgIpc) is 2.69. The highest BCUT2D eigenvalue weighted by molar-refractivity contribution is 5.19. The number of nitrogens with one attached hydrogen (secondary N) is 1. The molecule has 0 unspecified atom stereocenters. The van der Waals surface area contributed by atoms with Crippen LogP contribution in [0, 0.1) is 18.6 Å². The van der Waals surface area contributed by atoms with Crippen LogP contribution in [0.15, 0.2) is 28.8 Å². The number of halogens is 2. The fourth-order valence-corrected chi connectivity index (χ4v) is 1.51. The highest BCUT2D eigenvalue weighted by atomic mass is 19.1. The molecule has 1 heterocycles. The first-order valence-corrected chi connectivity index (χ1v) is 5.22. The Hall–Kier alpha value is -1.75. The molecule has 3 nitrogen and oxygen atoms in total. The van der Waals surface area contributed by atoms with Crippen LogP contribution in [0.3, 0.4) is 0 Å². The first kappa shape index (κ1) is 11.7. The Kier molecular flexibility index (Phi) is 3.49. The number of hydrogen-bond acceptors (Lipinski definition) is 3. The second-order valence-electron chi connectivity index (χ2n) is 3.74. The van der Waals surface area contributed by atoms with Crippen LogP contribution in [-0.4, -0.2) is 5.16 Å². The largest absolute Gasteiger partial charge is 0.360 e. The molecule has 0 amide bonds. The fourth-order valence-electron chi connectivity index (χ4n) is 1.51. The Labute approximate surface area is 97.4 Å². The molecule has 0 atom stereocenters. The van der Waals surface area contributed by atoms with Gasteiger partial charge in [0.1, 0.15) is 11.6 Å². The van der Waals surface area contributed by atoms with Crippen LogP contribution in [0.25, 0.3) is 0 Å². The van der Waals surface area contributed by atoms with Crippen LogP contribution in [0.4, 0.5) is 8.78 Å². The summed E-state index contributed by atoms with van der Waals surface area (Å²) in [4.78, 5) is 0. The van der Waals surface area contributed by atoms with E-state index >= 15 is 0 Å². The van der Waals surface area contributed by atoms with Crippen molar-refractivity contribution >= 4 is 0 Å². The second-order valence-corrected chi connectivity index (χ2v) is 3.74. The minimum atomic E-state index is -0.550. The molecule has 0 aliphatic heterocycles. The minimum absolute atomic E-state index is 0.0312. The van der Waals surface area contributed by atoms with Crippen LogP contribution in [-0.2, 0) is 13.1 Å². The summed E-state index contributed by atoms with van der Waals surface area (Å²) in [7, 11) is 0. The number of aromatic nitrogens is 1. The van der Waals surface area contributed by atoms with Crippen LogP contribution in [0.5, 0.6) is 0 Å². The van der Waals surface area contributed by atoms with Gasteiger partial charge < -0.3 is 9.84 Å². The smallest absolute Gasteiger partial charge is 0.150 e. The Morgan fingerprint density at radius 1 is 1.24 bits per heavy atom. The maximum Gasteiger partial charge on any atom is 0.150 e. The number of nitrogens with zero attached hydrogens (tertiary/aromatic N) is 1. The fraction of sp³-hybridized carbons (Fsp3) is 0.250. The summed E-state index contributed by atoms with van der Waals surface area (Å²) in [5, 5.41) is 6.61. The molecule has 0 radical (unpaired) electrons. The summed E-state index contributed by atoms with van der Waals surface area (Å²) < 4.78 is 31.5. The van der Waals surface area contributed by atoms with Crippen molar-refractivity contribution in [1.82, 2.24) is 10.5 Å². The molecule has 1 aromatic heterocycles. The quantitative estimate of drug-likeness (QED) is 0.889. The number of rotatable bonds is 4. The molecule has 0 spiro atoms. The zero-order valence-corrected chi connectivity index (χ0v) is 9.34. The SMILES string of the molecule is Cc1cc(CNCc2c(F)cccc2F)on1. The van der Waals surface area contributed by atoms with E-state index in [-0.39, 0.29) is 12.1 Å². The monoisotopic (exact) mass is 238 g/mol. The predicted octanol–water partition coefficient (Wildman–Crippen LogP) is 2.55. The van der Waals surface area contributed by atoms with Gasteiger partial charge in [-0.25, -0.2) is 8.78 Å². The Morgan fingerprint density at radius 2 is 1.94 bits per heavy atom. The van der Waals surface area contributed by atoms with Crippen molar-refractivity contribution in [2.24, 2.45) is 0 Å². The molecule has 0 saturated heterocycles. The van der Waals surface area contributed by atoms with Gasteiger partial charge in [0.05, 0.1) is 12.2 Å². The number of aryl methyl sites for hydroxylation is 1. The van der Waals surface area contributed by atoms with Crippen molar-refractivity contribution in [3.8, 4) is 0 Å². The highest BCUT2D eigenvalue weighted by Gasteiger charge is 2.08. The predicted molar refractivity (Wildman–Crippen MR) is 58.1 cm³/mol. The van der Waals surface area contributed by atoms with Gasteiger partial charge in [-0.1, -0.05) is 11.2 Å². The third-order valence-corrected chi connectivity index (χ3v) is 2.34. The van der Waals surface area contributed by atoms with E-state index in [9.17, 15) is 8.78 Å². The summed E-state index contributed by atoms with van der Waals surface area (Å²) in [6.45, 7) is 2.30. The van der Waals surface area contributed by atoms with Crippen molar-refractivity contribution in [1.29, 1.82) is 0 Å². The van der Waals surface area contributed by atoms with Gasteiger partial charge in [0, 0.05) is 18.2 Å². The Morgan fingerprint density at radius 3 is 2.53 bits per heavy atom. The first-order valence-electron chi connectivity index (χ1n) is 5.22. The van der Waals surface area contributed by atoms with Crippen molar-refractivity contribution in [2.45, 2.75) is 20.0 Å². The molecule has 1 N–H and O–H groups in total. The molecule has 1 aromatic carbocycles. The molecular formula is C12H12F2N2O. The molecule has 0 aliphatic rings. The molecule has 17 heavy (non-hydrogen) atoms. The van der Waals surface area contributed by atoms with Gasteiger partial charge in [0.2, 0.25) is 0 Å². The van der Waals surface area contributed by atoms with Gasteiger partial charge in [-0.3, -0.25) is 0 Å². The summed E-state index contributed by atoms with van der Waals surface area (Å²) in [5.41, 5.74) is 0.808. The lowest BCUT2D eigenvalue weighted by Gasteiger charge is -2.05. The topological polar surface area (TPSA) is 38.1 Å². The first-order chi connectivity index (χ1) is 8.16. The molecule has 0 aliphatic carbocycles. The van der Waals surface area contributed by atoms with Crippen molar-refractivity contribution in [2.75, 3.05) is 0 Å². The highest BCUT2D eigenvalue weighted by Crippen LogP contribution is 2.11. The van der Waals surface area contributed by atoms with Crippen LogP contribution < -0.4 is 5.32 Å². The van der Waals surface area contributed by atoms with Gasteiger partial charge in [0.15, 0.2) is 5.76 Å².